The average molecular weight is 183 g/mol. The lowest BCUT2D eigenvalue weighted by Crippen LogP contribution is -2.16. The van der Waals surface area contributed by atoms with E-state index in [0.29, 0.717) is 0 Å². The van der Waals surface area contributed by atoms with E-state index in [-0.39, 0.29) is 18.1 Å². The Bertz CT molecular complexity index is 286. The van der Waals surface area contributed by atoms with Crippen molar-refractivity contribution < 1.29 is 4.74 Å². The van der Waals surface area contributed by atoms with Crippen LogP contribution in [0.5, 0.6) is 0 Å². The molecule has 0 saturated carbocycles. The van der Waals surface area contributed by atoms with Crippen molar-refractivity contribution in [2.24, 2.45) is 0 Å². The van der Waals surface area contributed by atoms with E-state index >= 15 is 0 Å². The summed E-state index contributed by atoms with van der Waals surface area (Å²) < 4.78 is 5.21. The van der Waals surface area contributed by atoms with Gasteiger partial charge in [0.25, 0.3) is 0 Å². The fourth-order valence-electron chi connectivity index (χ4n) is 1.53. The number of rotatable bonds is 2. The van der Waals surface area contributed by atoms with Gasteiger partial charge >= 0.3 is 0 Å². The first-order chi connectivity index (χ1) is 6.29. The molecular weight excluding hydrogens is 170 g/mol. The number of hydrogen-bond acceptors (Lipinski definition) is 5. The third-order valence-electron chi connectivity index (χ3n) is 2.27. The van der Waals surface area contributed by atoms with Crippen molar-refractivity contribution in [1.82, 2.24) is 20.5 Å². The summed E-state index contributed by atoms with van der Waals surface area (Å²) in [7, 11) is 1.71. The van der Waals surface area contributed by atoms with Crippen LogP contribution in [0.15, 0.2) is 0 Å². The first-order valence-electron chi connectivity index (χ1n) is 4.23. The summed E-state index contributed by atoms with van der Waals surface area (Å²) in [6.45, 7) is 0.849. The fourth-order valence-corrected chi connectivity index (χ4v) is 1.53. The normalized spacial score (nSPS) is 28.1. The molecule has 1 aliphatic rings. The Labute approximate surface area is 75.9 Å². The molecule has 2 heterocycles. The highest BCUT2D eigenvalue weighted by Gasteiger charge is 2.27. The van der Waals surface area contributed by atoms with Crippen LogP contribution in [0.1, 0.15) is 18.3 Å². The lowest BCUT2D eigenvalue weighted by molar-refractivity contribution is 0.117. The van der Waals surface area contributed by atoms with Crippen molar-refractivity contribution >= 4 is 5.95 Å². The summed E-state index contributed by atoms with van der Waals surface area (Å²) in [6, 6.07) is 0.190. The summed E-state index contributed by atoms with van der Waals surface area (Å²) >= 11 is 0. The van der Waals surface area contributed by atoms with Crippen LogP contribution in [-0.4, -0.2) is 34.9 Å². The van der Waals surface area contributed by atoms with Crippen LogP contribution in [0.2, 0.25) is 0 Å². The van der Waals surface area contributed by atoms with Gasteiger partial charge in [0, 0.05) is 13.7 Å². The fraction of sp³-hybridized carbons (Fsp3) is 0.714. The molecule has 2 unspecified atom stereocenters. The molecule has 6 heteroatoms. The monoisotopic (exact) mass is 183 g/mol. The standard InChI is InChI=1S/C7H13N5O/c1-13-4-2-5(9-3-4)6-10-7(8)12-11-6/h4-5,9H,2-3H2,1H3,(H3,8,10,11,12). The van der Waals surface area contributed by atoms with Gasteiger partial charge in [-0.15, -0.1) is 5.10 Å². The molecule has 1 aromatic rings. The van der Waals surface area contributed by atoms with Crippen LogP contribution in [0.4, 0.5) is 5.95 Å². The van der Waals surface area contributed by atoms with E-state index in [4.69, 9.17) is 10.5 Å². The van der Waals surface area contributed by atoms with Gasteiger partial charge in [-0.3, -0.25) is 5.10 Å². The van der Waals surface area contributed by atoms with E-state index in [2.05, 4.69) is 20.5 Å². The number of methoxy groups -OCH3 is 1. The van der Waals surface area contributed by atoms with Crippen LogP contribution in [0.25, 0.3) is 0 Å². The molecule has 2 rings (SSSR count). The van der Waals surface area contributed by atoms with E-state index in [0.717, 1.165) is 18.8 Å². The topological polar surface area (TPSA) is 88.8 Å². The number of nitrogens with two attached hydrogens (primary N) is 1. The molecule has 0 radical (unpaired) electrons. The van der Waals surface area contributed by atoms with Crippen molar-refractivity contribution in [3.8, 4) is 0 Å². The minimum atomic E-state index is 0.190. The molecule has 0 amide bonds. The van der Waals surface area contributed by atoms with Gasteiger partial charge in [0.2, 0.25) is 5.95 Å². The summed E-state index contributed by atoms with van der Waals surface area (Å²) in [5.41, 5.74) is 5.40. The molecule has 4 N–H and O–H groups in total. The lowest BCUT2D eigenvalue weighted by atomic mass is 10.2. The van der Waals surface area contributed by atoms with Gasteiger partial charge < -0.3 is 15.8 Å². The lowest BCUT2D eigenvalue weighted by Gasteiger charge is -2.05. The summed E-state index contributed by atoms with van der Waals surface area (Å²) in [4.78, 5) is 4.05. The molecule has 1 saturated heterocycles. The Hall–Kier alpha value is -1.14. The van der Waals surface area contributed by atoms with Gasteiger partial charge in [0.15, 0.2) is 0 Å². The van der Waals surface area contributed by atoms with Gasteiger partial charge in [-0.25, -0.2) is 0 Å². The molecule has 1 aliphatic heterocycles. The summed E-state index contributed by atoms with van der Waals surface area (Å²) in [6.07, 6.45) is 1.17. The largest absolute Gasteiger partial charge is 0.380 e. The predicted molar refractivity (Wildman–Crippen MR) is 47.0 cm³/mol. The number of H-pyrrole nitrogens is 1. The Morgan fingerprint density at radius 1 is 1.62 bits per heavy atom. The smallest absolute Gasteiger partial charge is 0.239 e. The minimum Gasteiger partial charge on any atom is -0.380 e. The van der Waals surface area contributed by atoms with Crippen LogP contribution >= 0.6 is 0 Å². The molecule has 13 heavy (non-hydrogen) atoms. The van der Waals surface area contributed by atoms with Crippen molar-refractivity contribution in [2.45, 2.75) is 18.6 Å². The van der Waals surface area contributed by atoms with E-state index in [9.17, 15) is 0 Å². The second-order valence-corrected chi connectivity index (χ2v) is 3.13. The number of nitrogens with one attached hydrogen (secondary N) is 2. The zero-order valence-electron chi connectivity index (χ0n) is 7.45. The molecule has 1 aromatic heterocycles. The highest BCUT2D eigenvalue weighted by Crippen LogP contribution is 2.21. The maximum atomic E-state index is 5.40. The number of nitrogen functional groups attached to an aromatic ring is 1. The summed E-state index contributed by atoms with van der Waals surface area (Å²) in [5, 5.41) is 9.83. The molecule has 0 aromatic carbocycles. The number of hydrogen-bond donors (Lipinski definition) is 3. The first kappa shape index (κ1) is 8.46. The molecule has 0 bridgehead atoms. The minimum absolute atomic E-state index is 0.190. The van der Waals surface area contributed by atoms with Crippen LogP contribution in [-0.2, 0) is 4.74 Å². The predicted octanol–water partition coefficient (Wildman–Crippen LogP) is -0.564. The van der Waals surface area contributed by atoms with E-state index in [1.54, 1.807) is 7.11 Å². The van der Waals surface area contributed by atoms with Gasteiger partial charge in [-0.05, 0) is 6.42 Å². The van der Waals surface area contributed by atoms with E-state index in [1.807, 2.05) is 0 Å². The van der Waals surface area contributed by atoms with Gasteiger partial charge in [-0.2, -0.15) is 4.98 Å². The third kappa shape index (κ3) is 1.63. The van der Waals surface area contributed by atoms with E-state index in [1.165, 1.54) is 0 Å². The van der Waals surface area contributed by atoms with Gasteiger partial charge in [0.05, 0.1) is 12.1 Å². The van der Waals surface area contributed by atoms with Crippen molar-refractivity contribution in [3.63, 3.8) is 0 Å². The maximum absolute atomic E-state index is 5.40. The first-order valence-corrected chi connectivity index (χ1v) is 4.23. The van der Waals surface area contributed by atoms with Crippen molar-refractivity contribution in [2.75, 3.05) is 19.4 Å². The molecule has 1 fully saturated rings. The Morgan fingerprint density at radius 3 is 3.00 bits per heavy atom. The Kier molecular flexibility index (Phi) is 2.15. The molecule has 0 spiro atoms. The quantitative estimate of drug-likeness (QED) is 0.571. The highest BCUT2D eigenvalue weighted by molar-refractivity contribution is 5.15. The Morgan fingerprint density at radius 2 is 2.46 bits per heavy atom. The molecule has 72 valence electrons. The third-order valence-corrected chi connectivity index (χ3v) is 2.27. The van der Waals surface area contributed by atoms with Gasteiger partial charge in [0.1, 0.15) is 5.82 Å². The number of nitrogens with zero attached hydrogens (tertiary/aromatic N) is 2. The van der Waals surface area contributed by atoms with Crippen LogP contribution in [0.3, 0.4) is 0 Å². The van der Waals surface area contributed by atoms with E-state index < -0.39 is 0 Å². The average Bonchev–Trinajstić information content (AvgIpc) is 2.71. The maximum Gasteiger partial charge on any atom is 0.239 e. The number of ether oxygens (including phenoxy) is 1. The Balaban J connectivity index is 2.03. The zero-order valence-corrected chi connectivity index (χ0v) is 7.45. The van der Waals surface area contributed by atoms with Crippen molar-refractivity contribution in [1.29, 1.82) is 0 Å². The second-order valence-electron chi connectivity index (χ2n) is 3.13. The highest BCUT2D eigenvalue weighted by atomic mass is 16.5. The summed E-state index contributed by atoms with van der Waals surface area (Å²) in [5.74, 6) is 1.08. The molecule has 0 aliphatic carbocycles. The second kappa shape index (κ2) is 3.31. The van der Waals surface area contributed by atoms with Crippen LogP contribution in [0, 0.1) is 0 Å². The molecular formula is C7H13N5O. The number of aromatic nitrogens is 3. The molecule has 2 atom stereocenters. The van der Waals surface area contributed by atoms with Crippen LogP contribution < -0.4 is 11.1 Å². The number of aromatic amines is 1. The number of anilines is 1. The SMILES string of the molecule is COC1CNC(c2nc(N)n[nH]2)C1. The zero-order chi connectivity index (χ0) is 9.26. The molecule has 6 nitrogen and oxygen atoms in total. The van der Waals surface area contributed by atoms with Crippen molar-refractivity contribution in [3.05, 3.63) is 5.82 Å². The van der Waals surface area contributed by atoms with Gasteiger partial charge in [-0.1, -0.05) is 0 Å².